The lowest BCUT2D eigenvalue weighted by atomic mass is 10.1. The van der Waals surface area contributed by atoms with E-state index in [1.807, 2.05) is 25.1 Å². The molecule has 5 heteroatoms. The summed E-state index contributed by atoms with van der Waals surface area (Å²) in [5.74, 6) is 0.326. The lowest BCUT2D eigenvalue weighted by Gasteiger charge is -2.15. The van der Waals surface area contributed by atoms with Crippen LogP contribution < -0.4 is 10.5 Å². The molecule has 0 radical (unpaired) electrons. The van der Waals surface area contributed by atoms with E-state index in [4.69, 9.17) is 22.1 Å². The molecule has 0 bridgehead atoms. The van der Waals surface area contributed by atoms with Crippen LogP contribution in [0.4, 0.5) is 4.39 Å². The predicted octanol–water partition coefficient (Wildman–Crippen LogP) is 4.84. The maximum absolute atomic E-state index is 13.0. The molecule has 2 aromatic carbocycles. The third-order valence-corrected chi connectivity index (χ3v) is 3.71. The molecule has 0 aliphatic rings. The van der Waals surface area contributed by atoms with Gasteiger partial charge in [0.15, 0.2) is 0 Å². The van der Waals surface area contributed by atoms with Crippen LogP contribution in [0.25, 0.3) is 0 Å². The zero-order valence-corrected chi connectivity index (χ0v) is 13.2. The van der Waals surface area contributed by atoms with E-state index in [-0.39, 0.29) is 18.5 Å². The van der Waals surface area contributed by atoms with Gasteiger partial charge in [-0.25, -0.2) is 4.39 Å². The molecule has 0 spiro atoms. The van der Waals surface area contributed by atoms with Crippen LogP contribution >= 0.6 is 27.5 Å². The minimum Gasteiger partial charge on any atom is -0.488 e. The van der Waals surface area contributed by atoms with Crippen molar-refractivity contribution < 1.29 is 9.13 Å². The van der Waals surface area contributed by atoms with Crippen molar-refractivity contribution in [3.8, 4) is 5.75 Å². The molecule has 2 aromatic rings. The van der Waals surface area contributed by atoms with Crippen LogP contribution in [-0.2, 0) is 6.61 Å². The largest absolute Gasteiger partial charge is 0.488 e. The number of nitrogens with two attached hydrogens (primary N) is 1. The topological polar surface area (TPSA) is 35.2 Å². The zero-order valence-electron chi connectivity index (χ0n) is 10.9. The zero-order chi connectivity index (χ0) is 14.7. The van der Waals surface area contributed by atoms with Crippen LogP contribution in [0.2, 0.25) is 5.02 Å². The molecule has 0 aliphatic heterocycles. The number of hydrogen-bond acceptors (Lipinski definition) is 2. The molecule has 106 valence electrons. The van der Waals surface area contributed by atoms with Gasteiger partial charge in [0.25, 0.3) is 0 Å². The molecule has 1 atom stereocenters. The normalized spacial score (nSPS) is 12.2. The van der Waals surface area contributed by atoms with Gasteiger partial charge in [-0.2, -0.15) is 0 Å². The molecule has 0 aliphatic carbocycles. The van der Waals surface area contributed by atoms with Crippen LogP contribution in [0.15, 0.2) is 40.9 Å². The second-order valence-electron chi connectivity index (χ2n) is 4.50. The first-order chi connectivity index (χ1) is 9.47. The van der Waals surface area contributed by atoms with Gasteiger partial charge in [0.1, 0.15) is 18.2 Å². The van der Waals surface area contributed by atoms with Gasteiger partial charge >= 0.3 is 0 Å². The highest BCUT2D eigenvalue weighted by Crippen LogP contribution is 2.29. The predicted molar refractivity (Wildman–Crippen MR) is 82.5 cm³/mol. The fraction of sp³-hybridized carbons (Fsp3) is 0.200. The Morgan fingerprint density at radius 3 is 2.70 bits per heavy atom. The Morgan fingerprint density at radius 1 is 1.30 bits per heavy atom. The molecule has 0 fully saturated rings. The summed E-state index contributed by atoms with van der Waals surface area (Å²) in [6, 6.07) is 9.79. The van der Waals surface area contributed by atoms with E-state index in [0.29, 0.717) is 10.8 Å². The van der Waals surface area contributed by atoms with Gasteiger partial charge in [0, 0.05) is 21.6 Å². The summed E-state index contributed by atoms with van der Waals surface area (Å²) < 4.78 is 19.7. The second kappa shape index (κ2) is 6.57. The van der Waals surface area contributed by atoms with Crippen LogP contribution in [0.1, 0.15) is 24.1 Å². The number of halogens is 3. The van der Waals surface area contributed by atoms with Gasteiger partial charge in [-0.15, -0.1) is 0 Å². The third-order valence-electron chi connectivity index (χ3n) is 2.86. The fourth-order valence-corrected chi connectivity index (χ4v) is 2.37. The van der Waals surface area contributed by atoms with E-state index in [1.165, 1.54) is 12.1 Å². The second-order valence-corrected chi connectivity index (χ2v) is 5.82. The summed E-state index contributed by atoms with van der Waals surface area (Å²) in [6.07, 6.45) is 0. The average molecular weight is 359 g/mol. The SMILES string of the molecule is CC(N)c1ccc(Br)cc1OCc1ccc(F)cc1Cl. The monoisotopic (exact) mass is 357 g/mol. The highest BCUT2D eigenvalue weighted by Gasteiger charge is 2.10. The van der Waals surface area contributed by atoms with E-state index in [0.717, 1.165) is 15.6 Å². The van der Waals surface area contributed by atoms with E-state index < -0.39 is 0 Å². The summed E-state index contributed by atoms with van der Waals surface area (Å²) in [5.41, 5.74) is 7.55. The summed E-state index contributed by atoms with van der Waals surface area (Å²) >= 11 is 9.37. The first-order valence-corrected chi connectivity index (χ1v) is 7.26. The Morgan fingerprint density at radius 2 is 2.05 bits per heavy atom. The van der Waals surface area contributed by atoms with Crippen LogP contribution in [-0.4, -0.2) is 0 Å². The summed E-state index contributed by atoms with van der Waals surface area (Å²) in [6.45, 7) is 2.15. The van der Waals surface area contributed by atoms with Gasteiger partial charge in [-0.05, 0) is 31.2 Å². The Bertz CT molecular complexity index is 619. The van der Waals surface area contributed by atoms with Gasteiger partial charge < -0.3 is 10.5 Å². The Hall–Kier alpha value is -1.10. The minimum atomic E-state index is -0.363. The van der Waals surface area contributed by atoms with Crippen LogP contribution in [0.3, 0.4) is 0 Å². The van der Waals surface area contributed by atoms with E-state index in [2.05, 4.69) is 15.9 Å². The maximum atomic E-state index is 13.0. The van der Waals surface area contributed by atoms with Crippen molar-refractivity contribution in [3.05, 3.63) is 62.8 Å². The van der Waals surface area contributed by atoms with E-state index in [9.17, 15) is 4.39 Å². The van der Waals surface area contributed by atoms with Crippen molar-refractivity contribution in [2.75, 3.05) is 0 Å². The molecule has 20 heavy (non-hydrogen) atoms. The molecule has 2 N–H and O–H groups in total. The van der Waals surface area contributed by atoms with Gasteiger partial charge in [-0.3, -0.25) is 0 Å². The van der Waals surface area contributed by atoms with Crippen molar-refractivity contribution in [2.45, 2.75) is 19.6 Å². The number of rotatable bonds is 4. The Labute approximate surface area is 130 Å². The van der Waals surface area contributed by atoms with Crippen LogP contribution in [0, 0.1) is 5.82 Å². The Kier molecular flexibility index (Phi) is 5.02. The molecule has 0 amide bonds. The van der Waals surface area contributed by atoms with Crippen molar-refractivity contribution in [2.24, 2.45) is 5.73 Å². The standard InChI is InChI=1S/C15H14BrClFNO/c1-9(19)13-5-3-11(16)6-15(13)20-8-10-2-4-12(18)7-14(10)17/h2-7,9H,8,19H2,1H3. The first-order valence-electron chi connectivity index (χ1n) is 6.09. The molecule has 2 nitrogen and oxygen atoms in total. The van der Waals surface area contributed by atoms with Gasteiger partial charge in [0.05, 0.1) is 5.02 Å². The fourth-order valence-electron chi connectivity index (χ4n) is 1.80. The molecular formula is C15H14BrClFNO. The molecular weight excluding hydrogens is 345 g/mol. The summed E-state index contributed by atoms with van der Waals surface area (Å²) in [4.78, 5) is 0. The number of hydrogen-bond donors (Lipinski definition) is 1. The van der Waals surface area contributed by atoms with Crippen molar-refractivity contribution in [1.82, 2.24) is 0 Å². The van der Waals surface area contributed by atoms with Gasteiger partial charge in [0.2, 0.25) is 0 Å². The smallest absolute Gasteiger partial charge is 0.125 e. The molecule has 0 heterocycles. The van der Waals surface area contributed by atoms with Crippen molar-refractivity contribution >= 4 is 27.5 Å². The summed E-state index contributed by atoms with van der Waals surface area (Å²) in [7, 11) is 0. The Balaban J connectivity index is 2.20. The quantitative estimate of drug-likeness (QED) is 0.848. The minimum absolute atomic E-state index is 0.137. The molecule has 0 aromatic heterocycles. The lowest BCUT2D eigenvalue weighted by Crippen LogP contribution is -2.08. The van der Waals surface area contributed by atoms with Gasteiger partial charge in [-0.1, -0.05) is 39.7 Å². The maximum Gasteiger partial charge on any atom is 0.125 e. The average Bonchev–Trinajstić information content (AvgIpc) is 2.37. The summed E-state index contributed by atoms with van der Waals surface area (Å²) in [5, 5.41) is 0.349. The molecule has 0 saturated carbocycles. The number of ether oxygens (including phenoxy) is 1. The highest BCUT2D eigenvalue weighted by atomic mass is 79.9. The first kappa shape index (κ1) is 15.3. The lowest BCUT2D eigenvalue weighted by molar-refractivity contribution is 0.301. The van der Waals surface area contributed by atoms with Crippen molar-refractivity contribution in [1.29, 1.82) is 0 Å². The van der Waals surface area contributed by atoms with Crippen LogP contribution in [0.5, 0.6) is 5.75 Å². The molecule has 2 rings (SSSR count). The molecule has 1 unspecified atom stereocenters. The highest BCUT2D eigenvalue weighted by molar-refractivity contribution is 9.10. The van der Waals surface area contributed by atoms with E-state index in [1.54, 1.807) is 6.07 Å². The van der Waals surface area contributed by atoms with Crippen molar-refractivity contribution in [3.63, 3.8) is 0 Å². The number of benzene rings is 2. The molecule has 0 saturated heterocycles. The third kappa shape index (κ3) is 3.72. The van der Waals surface area contributed by atoms with E-state index >= 15 is 0 Å².